The van der Waals surface area contributed by atoms with Crippen LogP contribution in [0.5, 0.6) is 0 Å². The number of rotatable bonds is 5. The normalized spacial score (nSPS) is 17.2. The van der Waals surface area contributed by atoms with Gasteiger partial charge in [-0.3, -0.25) is 14.9 Å². The molecule has 1 amide bonds. The highest BCUT2D eigenvalue weighted by Gasteiger charge is 2.27. The third-order valence-electron chi connectivity index (χ3n) is 4.03. The molecule has 0 bridgehead atoms. The highest BCUT2D eigenvalue weighted by atomic mass is 16.6. The number of amides is 1. The molecule has 0 heterocycles. The van der Waals surface area contributed by atoms with E-state index in [0.717, 1.165) is 25.7 Å². The summed E-state index contributed by atoms with van der Waals surface area (Å²) in [5, 5.41) is 13.7. The Morgan fingerprint density at radius 1 is 1.29 bits per heavy atom. The Balaban J connectivity index is 1.91. The summed E-state index contributed by atoms with van der Waals surface area (Å²) >= 11 is 0. The van der Waals surface area contributed by atoms with Gasteiger partial charge in [-0.05, 0) is 12.8 Å². The number of hydrogen-bond donors (Lipinski definition) is 2. The van der Waals surface area contributed by atoms with Crippen LogP contribution in [0, 0.1) is 10.1 Å². The summed E-state index contributed by atoms with van der Waals surface area (Å²) in [6.45, 7) is 0.437. The molecule has 1 aromatic carbocycles. The molecule has 0 aromatic heterocycles. The van der Waals surface area contributed by atoms with Crippen molar-refractivity contribution in [2.45, 2.75) is 44.1 Å². The van der Waals surface area contributed by atoms with Crippen molar-refractivity contribution in [2.75, 3.05) is 6.54 Å². The van der Waals surface area contributed by atoms with Crippen molar-refractivity contribution in [3.8, 4) is 0 Å². The van der Waals surface area contributed by atoms with Crippen LogP contribution in [0.2, 0.25) is 0 Å². The van der Waals surface area contributed by atoms with E-state index in [-0.39, 0.29) is 23.6 Å². The molecule has 1 fully saturated rings. The molecule has 1 aliphatic rings. The van der Waals surface area contributed by atoms with Crippen molar-refractivity contribution < 1.29 is 9.72 Å². The Morgan fingerprint density at radius 2 is 1.95 bits per heavy atom. The van der Waals surface area contributed by atoms with Crippen LogP contribution in [-0.4, -0.2) is 22.9 Å². The van der Waals surface area contributed by atoms with Gasteiger partial charge in [0.2, 0.25) is 5.91 Å². The van der Waals surface area contributed by atoms with Crippen LogP contribution in [-0.2, 0) is 11.2 Å². The van der Waals surface area contributed by atoms with Gasteiger partial charge < -0.3 is 11.1 Å². The van der Waals surface area contributed by atoms with Crippen molar-refractivity contribution >= 4 is 11.6 Å². The molecule has 2 rings (SSSR count). The number of para-hydroxylation sites is 1. The monoisotopic (exact) mass is 291 g/mol. The second-order valence-electron chi connectivity index (χ2n) is 5.76. The molecule has 0 unspecified atom stereocenters. The van der Waals surface area contributed by atoms with Gasteiger partial charge in [0.05, 0.1) is 11.3 Å². The van der Waals surface area contributed by atoms with E-state index < -0.39 is 4.92 Å². The minimum Gasteiger partial charge on any atom is -0.354 e. The smallest absolute Gasteiger partial charge is 0.273 e. The van der Waals surface area contributed by atoms with Crippen LogP contribution in [0.15, 0.2) is 24.3 Å². The third-order valence-corrected chi connectivity index (χ3v) is 4.03. The number of nitrogens with two attached hydrogens (primary N) is 1. The number of nitrogens with one attached hydrogen (secondary N) is 1. The van der Waals surface area contributed by atoms with Crippen molar-refractivity contribution in [3.63, 3.8) is 0 Å². The number of carbonyl (C=O) groups is 1. The molecule has 1 saturated carbocycles. The Labute approximate surface area is 123 Å². The summed E-state index contributed by atoms with van der Waals surface area (Å²) in [5.74, 6) is -0.223. The first-order valence-electron chi connectivity index (χ1n) is 7.28. The van der Waals surface area contributed by atoms with Crippen molar-refractivity contribution in [3.05, 3.63) is 39.9 Å². The number of hydrogen-bond acceptors (Lipinski definition) is 4. The first-order chi connectivity index (χ1) is 10.0. The molecule has 3 N–H and O–H groups in total. The van der Waals surface area contributed by atoms with Crippen molar-refractivity contribution in [1.82, 2.24) is 5.32 Å². The summed E-state index contributed by atoms with van der Waals surface area (Å²) in [6, 6.07) is 6.31. The molecule has 0 radical (unpaired) electrons. The fraction of sp³-hybridized carbons (Fsp3) is 0.533. The van der Waals surface area contributed by atoms with E-state index in [9.17, 15) is 14.9 Å². The maximum Gasteiger partial charge on any atom is 0.273 e. The molecule has 1 aliphatic carbocycles. The van der Waals surface area contributed by atoms with E-state index in [1.807, 2.05) is 0 Å². The molecular weight excluding hydrogens is 270 g/mol. The molecule has 0 aliphatic heterocycles. The first kappa shape index (κ1) is 15.4. The van der Waals surface area contributed by atoms with Gasteiger partial charge in [-0.1, -0.05) is 37.5 Å². The summed E-state index contributed by atoms with van der Waals surface area (Å²) < 4.78 is 0. The standard InChI is InChI=1S/C15H21N3O3/c16-15(8-4-1-5-9-15)11-17-14(19)10-12-6-2-3-7-13(12)18(20)21/h2-3,6-7H,1,4-5,8-11,16H2,(H,17,19). The predicted molar refractivity (Wildman–Crippen MR) is 79.8 cm³/mol. The number of benzene rings is 1. The molecular formula is C15H21N3O3. The Bertz CT molecular complexity index is 525. The van der Waals surface area contributed by atoms with Crippen LogP contribution >= 0.6 is 0 Å². The summed E-state index contributed by atoms with van der Waals surface area (Å²) in [6.07, 6.45) is 5.22. The lowest BCUT2D eigenvalue weighted by molar-refractivity contribution is -0.385. The van der Waals surface area contributed by atoms with E-state index in [2.05, 4.69) is 5.32 Å². The predicted octanol–water partition coefficient (Wildman–Crippen LogP) is 1.92. The first-order valence-corrected chi connectivity index (χ1v) is 7.28. The largest absolute Gasteiger partial charge is 0.354 e. The number of carbonyl (C=O) groups excluding carboxylic acids is 1. The van der Waals surface area contributed by atoms with Crippen LogP contribution in [0.4, 0.5) is 5.69 Å². The average molecular weight is 291 g/mol. The molecule has 21 heavy (non-hydrogen) atoms. The zero-order chi connectivity index (χ0) is 15.3. The second kappa shape index (κ2) is 6.67. The van der Waals surface area contributed by atoms with Gasteiger partial charge in [0.15, 0.2) is 0 Å². The summed E-state index contributed by atoms with van der Waals surface area (Å²) in [4.78, 5) is 22.4. The Kier molecular flexibility index (Phi) is 4.90. The topological polar surface area (TPSA) is 98.3 Å². The molecule has 0 saturated heterocycles. The van der Waals surface area contributed by atoms with E-state index in [1.54, 1.807) is 18.2 Å². The third kappa shape index (κ3) is 4.26. The maximum atomic E-state index is 12.0. The molecule has 1 aromatic rings. The fourth-order valence-electron chi connectivity index (χ4n) is 2.78. The molecule has 0 spiro atoms. The minimum absolute atomic E-state index is 0.00718. The van der Waals surface area contributed by atoms with Gasteiger partial charge in [0.25, 0.3) is 5.69 Å². The summed E-state index contributed by atoms with van der Waals surface area (Å²) in [7, 11) is 0. The lowest BCUT2D eigenvalue weighted by Crippen LogP contribution is -2.51. The van der Waals surface area contributed by atoms with Gasteiger partial charge in [-0.15, -0.1) is 0 Å². The quantitative estimate of drug-likeness (QED) is 0.639. The fourth-order valence-corrected chi connectivity index (χ4v) is 2.78. The van der Waals surface area contributed by atoms with Gasteiger partial charge >= 0.3 is 0 Å². The molecule has 114 valence electrons. The van der Waals surface area contributed by atoms with E-state index >= 15 is 0 Å². The van der Waals surface area contributed by atoms with E-state index in [4.69, 9.17) is 5.73 Å². The minimum atomic E-state index is -0.464. The highest BCUT2D eigenvalue weighted by molar-refractivity contribution is 5.79. The Morgan fingerprint density at radius 3 is 2.62 bits per heavy atom. The zero-order valence-electron chi connectivity index (χ0n) is 12.0. The van der Waals surface area contributed by atoms with Crippen LogP contribution in [0.1, 0.15) is 37.7 Å². The van der Waals surface area contributed by atoms with Crippen LogP contribution in [0.25, 0.3) is 0 Å². The average Bonchev–Trinajstić information content (AvgIpc) is 2.46. The second-order valence-corrected chi connectivity index (χ2v) is 5.76. The molecule has 6 nitrogen and oxygen atoms in total. The lowest BCUT2D eigenvalue weighted by Gasteiger charge is -2.33. The van der Waals surface area contributed by atoms with Gasteiger partial charge in [0, 0.05) is 23.7 Å². The number of nitrogens with zero attached hydrogens (tertiary/aromatic N) is 1. The van der Waals surface area contributed by atoms with Gasteiger partial charge in [-0.2, -0.15) is 0 Å². The number of nitro groups is 1. The van der Waals surface area contributed by atoms with E-state index in [0.29, 0.717) is 12.1 Å². The van der Waals surface area contributed by atoms with Crippen LogP contribution in [0.3, 0.4) is 0 Å². The lowest BCUT2D eigenvalue weighted by atomic mass is 9.82. The van der Waals surface area contributed by atoms with Gasteiger partial charge in [-0.25, -0.2) is 0 Å². The Hall–Kier alpha value is -1.95. The highest BCUT2D eigenvalue weighted by Crippen LogP contribution is 2.25. The molecule has 0 atom stereocenters. The van der Waals surface area contributed by atoms with Crippen molar-refractivity contribution in [1.29, 1.82) is 0 Å². The summed E-state index contributed by atoms with van der Waals surface area (Å²) in [5.41, 5.74) is 6.34. The van der Waals surface area contributed by atoms with Gasteiger partial charge in [0.1, 0.15) is 0 Å². The molecule has 6 heteroatoms. The SMILES string of the molecule is NC1(CNC(=O)Cc2ccccc2[N+](=O)[O-])CCCCC1. The zero-order valence-corrected chi connectivity index (χ0v) is 12.0. The van der Waals surface area contributed by atoms with Crippen molar-refractivity contribution in [2.24, 2.45) is 5.73 Å². The maximum absolute atomic E-state index is 12.0. The van der Waals surface area contributed by atoms with E-state index in [1.165, 1.54) is 12.5 Å². The number of nitro benzene ring substituents is 1. The van der Waals surface area contributed by atoms with Crippen LogP contribution < -0.4 is 11.1 Å².